The molecule has 0 aliphatic carbocycles. The Bertz CT molecular complexity index is 622. The predicted molar refractivity (Wildman–Crippen MR) is 86.1 cm³/mol. The van der Waals surface area contributed by atoms with Crippen LogP contribution in [0.4, 0.5) is 0 Å². The second kappa shape index (κ2) is 7.85. The summed E-state index contributed by atoms with van der Waals surface area (Å²) < 4.78 is 5.72. The lowest BCUT2D eigenvalue weighted by Crippen LogP contribution is -1.94. The highest BCUT2D eigenvalue weighted by atomic mass is 16.5. The van der Waals surface area contributed by atoms with Crippen LogP contribution in [-0.4, -0.2) is 5.78 Å². The van der Waals surface area contributed by atoms with E-state index in [1.807, 2.05) is 66.7 Å². The van der Waals surface area contributed by atoms with Gasteiger partial charge in [-0.05, 0) is 36.3 Å². The second-order valence-corrected chi connectivity index (χ2v) is 4.67. The van der Waals surface area contributed by atoms with Crippen LogP contribution in [0.3, 0.4) is 0 Å². The fourth-order valence-electron chi connectivity index (χ4n) is 1.77. The number of carbonyl (C=O) groups excluding carboxylic acids is 1. The van der Waals surface area contributed by atoms with Gasteiger partial charge in [0.25, 0.3) is 0 Å². The van der Waals surface area contributed by atoms with Gasteiger partial charge >= 0.3 is 0 Å². The first-order valence-electron chi connectivity index (χ1n) is 6.86. The topological polar surface area (TPSA) is 26.3 Å². The molecular weight excluding hydrogens is 260 g/mol. The quantitative estimate of drug-likeness (QED) is 0.577. The molecule has 2 aromatic rings. The molecule has 0 radical (unpaired) electrons. The maximum absolute atomic E-state index is 10.8. The molecule has 0 heterocycles. The molecule has 0 aliphatic heterocycles. The molecule has 106 valence electrons. The van der Waals surface area contributed by atoms with Crippen LogP contribution in [0.25, 0.3) is 6.08 Å². The van der Waals surface area contributed by atoms with Crippen molar-refractivity contribution in [3.63, 3.8) is 0 Å². The minimum absolute atomic E-state index is 0.0457. The van der Waals surface area contributed by atoms with Gasteiger partial charge in [-0.15, -0.1) is 0 Å². The van der Waals surface area contributed by atoms with Crippen molar-refractivity contribution in [3.8, 4) is 5.75 Å². The highest BCUT2D eigenvalue weighted by Gasteiger charge is 1.95. The summed E-state index contributed by atoms with van der Waals surface area (Å²) in [6.07, 6.45) is 7.07. The first-order chi connectivity index (χ1) is 10.2. The Labute approximate surface area is 125 Å². The Morgan fingerprint density at radius 1 is 1.00 bits per heavy atom. The van der Waals surface area contributed by atoms with Crippen LogP contribution >= 0.6 is 0 Å². The van der Waals surface area contributed by atoms with Gasteiger partial charge in [-0.3, -0.25) is 4.79 Å². The van der Waals surface area contributed by atoms with E-state index in [1.54, 1.807) is 6.08 Å². The lowest BCUT2D eigenvalue weighted by molar-refractivity contribution is -0.112. The highest BCUT2D eigenvalue weighted by Crippen LogP contribution is 2.15. The standard InChI is InChI=1S/C19H18O2/c1-16(20)7-5-6-8-17-11-13-19(14-12-17)21-15-18-9-3-2-4-10-18/h2-14H,15H2,1H3/b7-5+,8-6+. The van der Waals surface area contributed by atoms with Crippen molar-refractivity contribution < 1.29 is 9.53 Å². The zero-order valence-corrected chi connectivity index (χ0v) is 12.0. The SMILES string of the molecule is CC(=O)/C=C/C=C/c1ccc(OCc2ccccc2)cc1. The normalized spacial score (nSPS) is 11.1. The number of ketones is 1. The molecule has 0 spiro atoms. The molecule has 2 aromatic carbocycles. The maximum atomic E-state index is 10.8. The summed E-state index contributed by atoms with van der Waals surface area (Å²) in [4.78, 5) is 10.8. The number of ether oxygens (including phenoxy) is 1. The van der Waals surface area contributed by atoms with Gasteiger partial charge in [-0.1, -0.05) is 60.7 Å². The Kier molecular flexibility index (Phi) is 5.53. The average Bonchev–Trinajstić information content (AvgIpc) is 2.51. The lowest BCUT2D eigenvalue weighted by Gasteiger charge is -2.06. The van der Waals surface area contributed by atoms with Gasteiger partial charge in [-0.25, -0.2) is 0 Å². The van der Waals surface area contributed by atoms with Gasteiger partial charge in [0.05, 0.1) is 0 Å². The van der Waals surface area contributed by atoms with Crippen molar-refractivity contribution in [1.82, 2.24) is 0 Å². The van der Waals surface area contributed by atoms with E-state index in [4.69, 9.17) is 4.74 Å². The summed E-state index contributed by atoms with van der Waals surface area (Å²) in [5, 5.41) is 0. The van der Waals surface area contributed by atoms with E-state index in [-0.39, 0.29) is 5.78 Å². The molecule has 21 heavy (non-hydrogen) atoms. The number of hydrogen-bond donors (Lipinski definition) is 0. The molecule has 0 unspecified atom stereocenters. The number of carbonyl (C=O) groups is 1. The van der Waals surface area contributed by atoms with E-state index in [1.165, 1.54) is 13.0 Å². The third-order valence-electron chi connectivity index (χ3n) is 2.86. The lowest BCUT2D eigenvalue weighted by atomic mass is 10.2. The number of benzene rings is 2. The monoisotopic (exact) mass is 278 g/mol. The van der Waals surface area contributed by atoms with Crippen molar-refractivity contribution in [3.05, 3.63) is 84.0 Å². The van der Waals surface area contributed by atoms with Crippen LogP contribution in [0, 0.1) is 0 Å². The third-order valence-corrected chi connectivity index (χ3v) is 2.86. The van der Waals surface area contributed by atoms with E-state index >= 15 is 0 Å². The first kappa shape index (κ1) is 14.8. The van der Waals surface area contributed by atoms with Gasteiger partial charge in [0.15, 0.2) is 5.78 Å². The first-order valence-corrected chi connectivity index (χ1v) is 6.86. The highest BCUT2D eigenvalue weighted by molar-refractivity contribution is 5.87. The van der Waals surface area contributed by atoms with Crippen molar-refractivity contribution >= 4 is 11.9 Å². The van der Waals surface area contributed by atoms with E-state index < -0.39 is 0 Å². The molecule has 0 atom stereocenters. The Balaban J connectivity index is 1.88. The molecule has 2 nitrogen and oxygen atoms in total. The summed E-state index contributed by atoms with van der Waals surface area (Å²) >= 11 is 0. The molecule has 0 amide bonds. The Morgan fingerprint density at radius 3 is 2.38 bits per heavy atom. The molecule has 0 aliphatic rings. The van der Waals surface area contributed by atoms with E-state index in [2.05, 4.69) is 0 Å². The van der Waals surface area contributed by atoms with Gasteiger partial charge in [0.2, 0.25) is 0 Å². The van der Waals surface area contributed by atoms with E-state index in [9.17, 15) is 4.79 Å². The fraction of sp³-hybridized carbons (Fsp3) is 0.105. The average molecular weight is 278 g/mol. The van der Waals surface area contributed by atoms with Crippen molar-refractivity contribution in [2.24, 2.45) is 0 Å². The number of hydrogen-bond acceptors (Lipinski definition) is 2. The molecule has 0 aromatic heterocycles. The minimum atomic E-state index is 0.0457. The number of rotatable bonds is 6. The zero-order chi connectivity index (χ0) is 14.9. The van der Waals surface area contributed by atoms with E-state index in [0.717, 1.165) is 16.9 Å². The third kappa shape index (κ3) is 5.49. The molecule has 0 saturated heterocycles. The Hall–Kier alpha value is -2.61. The molecule has 2 rings (SSSR count). The second-order valence-electron chi connectivity index (χ2n) is 4.67. The molecule has 0 bridgehead atoms. The van der Waals surface area contributed by atoms with E-state index in [0.29, 0.717) is 6.61 Å². The molecule has 0 fully saturated rings. The predicted octanol–water partition coefficient (Wildman–Crippen LogP) is 4.42. The van der Waals surface area contributed by atoms with Crippen LogP contribution in [0.1, 0.15) is 18.1 Å². The van der Waals surface area contributed by atoms with Crippen LogP contribution in [0.2, 0.25) is 0 Å². The fourth-order valence-corrected chi connectivity index (χ4v) is 1.77. The summed E-state index contributed by atoms with van der Waals surface area (Å²) in [6, 6.07) is 17.9. The number of allylic oxidation sites excluding steroid dienone is 3. The van der Waals surface area contributed by atoms with Crippen molar-refractivity contribution in [2.75, 3.05) is 0 Å². The van der Waals surface area contributed by atoms with Crippen LogP contribution in [0.15, 0.2) is 72.8 Å². The minimum Gasteiger partial charge on any atom is -0.489 e. The maximum Gasteiger partial charge on any atom is 0.152 e. The molecular formula is C19H18O2. The van der Waals surface area contributed by atoms with Gasteiger partial charge in [-0.2, -0.15) is 0 Å². The summed E-state index contributed by atoms with van der Waals surface area (Å²) in [7, 11) is 0. The van der Waals surface area contributed by atoms with Crippen molar-refractivity contribution in [1.29, 1.82) is 0 Å². The summed E-state index contributed by atoms with van der Waals surface area (Å²) in [5.41, 5.74) is 2.21. The summed E-state index contributed by atoms with van der Waals surface area (Å²) in [5.74, 6) is 0.889. The smallest absolute Gasteiger partial charge is 0.152 e. The largest absolute Gasteiger partial charge is 0.489 e. The zero-order valence-electron chi connectivity index (χ0n) is 12.0. The van der Waals surface area contributed by atoms with Crippen LogP contribution < -0.4 is 4.74 Å². The molecule has 0 N–H and O–H groups in total. The Morgan fingerprint density at radius 2 is 1.71 bits per heavy atom. The van der Waals surface area contributed by atoms with Gasteiger partial charge in [0, 0.05) is 0 Å². The van der Waals surface area contributed by atoms with Crippen molar-refractivity contribution in [2.45, 2.75) is 13.5 Å². The van der Waals surface area contributed by atoms with Crippen LogP contribution in [-0.2, 0) is 11.4 Å². The van der Waals surface area contributed by atoms with Crippen LogP contribution in [0.5, 0.6) is 5.75 Å². The summed E-state index contributed by atoms with van der Waals surface area (Å²) in [6.45, 7) is 2.10. The van der Waals surface area contributed by atoms with Gasteiger partial charge in [0.1, 0.15) is 12.4 Å². The molecule has 2 heteroatoms. The molecule has 0 saturated carbocycles. The van der Waals surface area contributed by atoms with Gasteiger partial charge < -0.3 is 4.74 Å².